The second-order valence-electron chi connectivity index (χ2n) is 9.06. The Balaban J connectivity index is 1.29. The van der Waals surface area contributed by atoms with E-state index in [2.05, 4.69) is 59.2 Å². The lowest BCUT2D eigenvalue weighted by molar-refractivity contribution is -0.117. The highest BCUT2D eigenvalue weighted by atomic mass is 32.1. The van der Waals surface area contributed by atoms with Gasteiger partial charge in [-0.25, -0.2) is 0 Å². The lowest BCUT2D eigenvalue weighted by atomic mass is 9.83. The number of rotatable bonds is 7. The van der Waals surface area contributed by atoms with Gasteiger partial charge in [-0.2, -0.15) is 0 Å². The summed E-state index contributed by atoms with van der Waals surface area (Å²) in [6, 6.07) is 15.2. The maximum Gasteiger partial charge on any atom is 0.0984 e. The van der Waals surface area contributed by atoms with Gasteiger partial charge in [0.25, 0.3) is 0 Å². The summed E-state index contributed by atoms with van der Waals surface area (Å²) < 4.78 is 6.63. The van der Waals surface area contributed by atoms with E-state index in [1.807, 2.05) is 11.3 Å². The Labute approximate surface area is 178 Å². The van der Waals surface area contributed by atoms with E-state index in [9.17, 15) is 5.11 Å². The molecule has 0 aliphatic carbocycles. The average Bonchev–Trinajstić information content (AvgIpc) is 3.38. The first-order valence-corrected chi connectivity index (χ1v) is 11.9. The molecule has 1 aromatic carbocycles. The van der Waals surface area contributed by atoms with Crippen molar-refractivity contribution in [2.75, 3.05) is 39.3 Å². The molecule has 2 aromatic rings. The number of benzene rings is 1. The second-order valence-corrected chi connectivity index (χ2v) is 10.2. The normalized spacial score (nSPS) is 32.0. The van der Waals surface area contributed by atoms with Crippen LogP contribution in [0.15, 0.2) is 42.5 Å². The molecule has 2 bridgehead atoms. The number of likely N-dealkylation sites (tertiary alicyclic amines) is 2. The predicted octanol–water partition coefficient (Wildman–Crippen LogP) is 3.71. The Kier molecular flexibility index (Phi) is 5.52. The van der Waals surface area contributed by atoms with Crippen molar-refractivity contribution in [2.45, 2.75) is 38.0 Å². The standard InChI is InChI=1S/C24H32N2O2S/c1-2-3-11-25-14-22-20(15-27)21-13-26(17-24(21,16-25)28-22)12-19-9-10-23(29-19)18-7-5-4-6-8-18/h4-10,20-22,27H,2-3,11-17H2,1H3/t20-,21+,22+,24+/m0/s1. The fraction of sp³-hybridized carbons (Fsp3) is 0.583. The van der Waals surface area contributed by atoms with Crippen molar-refractivity contribution < 1.29 is 9.84 Å². The fourth-order valence-electron chi connectivity index (χ4n) is 5.74. The topological polar surface area (TPSA) is 35.9 Å². The summed E-state index contributed by atoms with van der Waals surface area (Å²) >= 11 is 1.90. The molecule has 156 valence electrons. The van der Waals surface area contributed by atoms with Crippen LogP contribution in [0.3, 0.4) is 0 Å². The Morgan fingerprint density at radius 1 is 1.10 bits per heavy atom. The van der Waals surface area contributed by atoms with Crippen LogP contribution in [-0.2, 0) is 11.3 Å². The van der Waals surface area contributed by atoms with E-state index in [0.717, 1.165) is 39.3 Å². The lowest BCUT2D eigenvalue weighted by Gasteiger charge is -2.40. The van der Waals surface area contributed by atoms with Crippen LogP contribution >= 0.6 is 11.3 Å². The number of unbranched alkanes of at least 4 members (excludes halogenated alkanes) is 1. The van der Waals surface area contributed by atoms with Crippen molar-refractivity contribution in [3.05, 3.63) is 47.3 Å². The van der Waals surface area contributed by atoms with Gasteiger partial charge in [0, 0.05) is 60.9 Å². The van der Waals surface area contributed by atoms with E-state index in [-0.39, 0.29) is 24.2 Å². The van der Waals surface area contributed by atoms with Crippen LogP contribution in [-0.4, -0.2) is 65.9 Å². The van der Waals surface area contributed by atoms with E-state index >= 15 is 0 Å². The molecule has 0 unspecified atom stereocenters. The number of thiophene rings is 1. The van der Waals surface area contributed by atoms with Gasteiger partial charge in [-0.15, -0.1) is 11.3 Å². The van der Waals surface area contributed by atoms with Crippen molar-refractivity contribution >= 4 is 11.3 Å². The Morgan fingerprint density at radius 3 is 2.72 bits per heavy atom. The molecule has 0 radical (unpaired) electrons. The molecule has 3 aliphatic heterocycles. The van der Waals surface area contributed by atoms with Gasteiger partial charge in [-0.05, 0) is 30.7 Å². The van der Waals surface area contributed by atoms with Crippen LogP contribution in [0.2, 0.25) is 0 Å². The smallest absolute Gasteiger partial charge is 0.0984 e. The van der Waals surface area contributed by atoms with Crippen molar-refractivity contribution in [3.63, 3.8) is 0 Å². The highest BCUT2D eigenvalue weighted by Crippen LogP contribution is 2.49. The summed E-state index contributed by atoms with van der Waals surface area (Å²) in [5.74, 6) is 0.743. The zero-order valence-electron chi connectivity index (χ0n) is 17.3. The molecule has 0 amide bonds. The third kappa shape index (κ3) is 3.68. The number of hydrogen-bond acceptors (Lipinski definition) is 5. The van der Waals surface area contributed by atoms with Crippen LogP contribution in [0.1, 0.15) is 24.6 Å². The Morgan fingerprint density at radius 2 is 1.93 bits per heavy atom. The monoisotopic (exact) mass is 412 g/mol. The molecule has 1 aromatic heterocycles. The van der Waals surface area contributed by atoms with Gasteiger partial charge >= 0.3 is 0 Å². The Bertz CT molecular complexity index is 825. The van der Waals surface area contributed by atoms with Crippen molar-refractivity contribution in [2.24, 2.45) is 11.8 Å². The zero-order chi connectivity index (χ0) is 19.8. The molecule has 0 saturated carbocycles. The number of aliphatic hydroxyl groups is 1. The molecule has 5 heteroatoms. The third-order valence-electron chi connectivity index (χ3n) is 7.07. The maximum absolute atomic E-state index is 10.1. The van der Waals surface area contributed by atoms with Gasteiger partial charge in [-0.3, -0.25) is 9.80 Å². The quantitative estimate of drug-likeness (QED) is 0.752. The summed E-state index contributed by atoms with van der Waals surface area (Å²) in [6.45, 7) is 8.72. The predicted molar refractivity (Wildman–Crippen MR) is 118 cm³/mol. The van der Waals surface area contributed by atoms with Gasteiger partial charge in [0.1, 0.15) is 0 Å². The van der Waals surface area contributed by atoms with Gasteiger partial charge in [-0.1, -0.05) is 43.7 Å². The molecule has 4 nitrogen and oxygen atoms in total. The molecular formula is C24H32N2O2S. The van der Waals surface area contributed by atoms with E-state index in [1.165, 1.54) is 28.2 Å². The van der Waals surface area contributed by atoms with Crippen LogP contribution < -0.4 is 0 Å². The van der Waals surface area contributed by atoms with Crippen molar-refractivity contribution in [3.8, 4) is 10.4 Å². The van der Waals surface area contributed by atoms with Gasteiger partial charge in [0.2, 0.25) is 0 Å². The molecule has 5 rings (SSSR count). The minimum Gasteiger partial charge on any atom is -0.396 e. The van der Waals surface area contributed by atoms with Crippen molar-refractivity contribution in [1.29, 1.82) is 0 Å². The van der Waals surface area contributed by atoms with Gasteiger partial charge in [0.15, 0.2) is 0 Å². The van der Waals surface area contributed by atoms with E-state index < -0.39 is 0 Å². The number of ether oxygens (including phenoxy) is 1. The molecule has 3 fully saturated rings. The van der Waals surface area contributed by atoms with E-state index in [4.69, 9.17) is 4.74 Å². The number of fused-ring (bicyclic) bond motifs is 1. The highest BCUT2D eigenvalue weighted by Gasteiger charge is 2.61. The van der Waals surface area contributed by atoms with Crippen LogP contribution in [0.4, 0.5) is 0 Å². The largest absolute Gasteiger partial charge is 0.396 e. The van der Waals surface area contributed by atoms with Gasteiger partial charge < -0.3 is 9.84 Å². The van der Waals surface area contributed by atoms with E-state index in [1.54, 1.807) is 0 Å². The van der Waals surface area contributed by atoms with Crippen LogP contribution in [0.25, 0.3) is 10.4 Å². The lowest BCUT2D eigenvalue weighted by Crippen LogP contribution is -2.54. The second kappa shape index (κ2) is 8.12. The highest BCUT2D eigenvalue weighted by molar-refractivity contribution is 7.15. The minimum absolute atomic E-state index is 0.0798. The number of hydrogen-bond donors (Lipinski definition) is 1. The first-order chi connectivity index (χ1) is 14.2. The van der Waals surface area contributed by atoms with E-state index in [0.29, 0.717) is 5.92 Å². The molecule has 4 heterocycles. The molecule has 29 heavy (non-hydrogen) atoms. The summed E-state index contributed by atoms with van der Waals surface area (Å²) in [4.78, 5) is 7.91. The molecule has 1 spiro atoms. The van der Waals surface area contributed by atoms with Gasteiger partial charge in [0.05, 0.1) is 11.7 Å². The minimum atomic E-state index is -0.0798. The summed E-state index contributed by atoms with van der Waals surface area (Å²) in [6.07, 6.45) is 2.69. The average molecular weight is 413 g/mol. The van der Waals surface area contributed by atoms with Crippen molar-refractivity contribution in [1.82, 2.24) is 9.80 Å². The molecule has 3 saturated heterocycles. The molecule has 1 N–H and O–H groups in total. The third-order valence-corrected chi connectivity index (χ3v) is 8.19. The first kappa shape index (κ1) is 19.7. The number of morpholine rings is 1. The molecule has 3 aliphatic rings. The Hall–Kier alpha value is -1.24. The van der Waals surface area contributed by atoms with Crippen LogP contribution in [0, 0.1) is 11.8 Å². The fourth-order valence-corrected chi connectivity index (χ4v) is 6.79. The first-order valence-electron chi connectivity index (χ1n) is 11.1. The SMILES string of the molecule is CCCCN1C[C@H]2O[C@@]3(CN(Cc4ccc(-c5ccccc5)s4)C[C@@H]3[C@@H]2CO)C1. The maximum atomic E-state index is 10.1. The van der Waals surface area contributed by atoms with Crippen LogP contribution in [0.5, 0.6) is 0 Å². The zero-order valence-corrected chi connectivity index (χ0v) is 18.1. The number of nitrogens with zero attached hydrogens (tertiary/aromatic N) is 2. The summed E-state index contributed by atoms with van der Waals surface area (Å²) in [5, 5.41) is 10.1. The summed E-state index contributed by atoms with van der Waals surface area (Å²) in [5.41, 5.74) is 1.22. The number of aliphatic hydroxyl groups excluding tert-OH is 1. The summed E-state index contributed by atoms with van der Waals surface area (Å²) in [7, 11) is 0. The molecule has 4 atom stereocenters. The molecular weight excluding hydrogens is 380 g/mol.